The van der Waals surface area contributed by atoms with Gasteiger partial charge in [0.05, 0.1) is 12.2 Å². The smallest absolute Gasteiger partial charge is 0.337 e. The zero-order chi connectivity index (χ0) is 16.3. The third kappa shape index (κ3) is 3.55. The lowest BCUT2D eigenvalue weighted by Gasteiger charge is -2.22. The minimum absolute atomic E-state index is 0.364. The van der Waals surface area contributed by atoms with Gasteiger partial charge in [-0.25, -0.2) is 4.79 Å². The number of rotatable bonds is 5. The van der Waals surface area contributed by atoms with E-state index in [1.807, 2.05) is 20.8 Å². The molecule has 1 aliphatic heterocycles. The van der Waals surface area contributed by atoms with Crippen molar-refractivity contribution in [2.75, 3.05) is 11.5 Å². The van der Waals surface area contributed by atoms with Crippen molar-refractivity contribution >= 4 is 23.4 Å². The van der Waals surface area contributed by atoms with E-state index in [9.17, 15) is 15.2 Å². The van der Waals surface area contributed by atoms with Gasteiger partial charge in [0.25, 0.3) is 0 Å². The third-order valence-corrected chi connectivity index (χ3v) is 4.17. The van der Waals surface area contributed by atoms with E-state index in [4.69, 9.17) is 4.74 Å². The van der Waals surface area contributed by atoms with Crippen LogP contribution in [0.5, 0.6) is 5.75 Å². The Morgan fingerprint density at radius 3 is 2.86 bits per heavy atom. The number of thioether (sulfide) groups is 1. The normalized spacial score (nSPS) is 17.3. The molecule has 1 aromatic carbocycles. The fraction of sp³-hybridized carbons (Fsp3) is 0.375. The second-order valence-corrected chi connectivity index (χ2v) is 6.78. The highest BCUT2D eigenvalue weighted by Gasteiger charge is 2.31. The number of allylic oxidation sites excluding steroid dienone is 1. The summed E-state index contributed by atoms with van der Waals surface area (Å²) in [7, 11) is 0. The molecule has 0 bridgehead atoms. The van der Waals surface area contributed by atoms with Gasteiger partial charge in [-0.05, 0) is 31.0 Å². The van der Waals surface area contributed by atoms with Crippen molar-refractivity contribution in [3.63, 3.8) is 0 Å². The van der Waals surface area contributed by atoms with Crippen LogP contribution in [0.2, 0.25) is 0 Å². The maximum atomic E-state index is 11.3. The van der Waals surface area contributed by atoms with Gasteiger partial charge in [0.15, 0.2) is 5.37 Å². The van der Waals surface area contributed by atoms with Crippen molar-refractivity contribution in [3.8, 4) is 11.8 Å². The number of hydrogen-bond acceptors (Lipinski definition) is 5. The molecule has 1 unspecified atom stereocenters. The van der Waals surface area contributed by atoms with E-state index < -0.39 is 11.3 Å². The van der Waals surface area contributed by atoms with Gasteiger partial charge in [0, 0.05) is 16.8 Å². The molecule has 0 radical (unpaired) electrons. The molecular weight excluding hydrogens is 300 g/mol. The van der Waals surface area contributed by atoms with Crippen LogP contribution < -0.4 is 9.64 Å². The van der Waals surface area contributed by atoms with Crippen LogP contribution in [0.1, 0.15) is 26.3 Å². The van der Waals surface area contributed by atoms with Crippen LogP contribution in [-0.2, 0) is 4.79 Å². The van der Waals surface area contributed by atoms with Crippen LogP contribution in [0.25, 0.3) is 0 Å². The molecule has 0 spiro atoms. The molecule has 0 fully saturated rings. The average molecular weight is 318 g/mol. The number of benzene rings is 1. The van der Waals surface area contributed by atoms with E-state index in [-0.39, 0.29) is 0 Å². The number of nitriles is 1. The Morgan fingerprint density at radius 2 is 2.27 bits per heavy atom. The summed E-state index contributed by atoms with van der Waals surface area (Å²) in [6.07, 6.45) is 1.79. The summed E-state index contributed by atoms with van der Waals surface area (Å²) in [5.41, 5.74) is 1.08. The number of carboxylic acid groups (broad SMARTS) is 1. The molecule has 116 valence electrons. The highest BCUT2D eigenvalue weighted by molar-refractivity contribution is 8.04. The minimum Gasteiger partial charge on any atom is -0.492 e. The lowest BCUT2D eigenvalue weighted by atomic mass is 10.1. The first-order chi connectivity index (χ1) is 10.4. The summed E-state index contributed by atoms with van der Waals surface area (Å²) < 4.78 is 5.62. The number of nitrogens with zero attached hydrogens (tertiary/aromatic N) is 2. The highest BCUT2D eigenvalue weighted by Crippen LogP contribution is 2.37. The summed E-state index contributed by atoms with van der Waals surface area (Å²) in [5, 5.41) is 17.9. The Labute approximate surface area is 134 Å². The Kier molecular flexibility index (Phi) is 4.99. The fourth-order valence-corrected chi connectivity index (χ4v) is 2.98. The van der Waals surface area contributed by atoms with Gasteiger partial charge in [-0.15, -0.1) is 0 Å². The van der Waals surface area contributed by atoms with E-state index in [2.05, 4.69) is 6.07 Å². The predicted molar refractivity (Wildman–Crippen MR) is 86.7 cm³/mol. The van der Waals surface area contributed by atoms with Gasteiger partial charge < -0.3 is 14.7 Å². The standard InChI is InChI=1S/C16H18N2O3S/c1-10(2)9-21-14-5-4-13(6-12(14)7-17)18-8-11(3)22-15(18)16(19)20/h4-6,8,10,15H,9H2,1-3H3,(H,19,20). The molecule has 0 saturated heterocycles. The van der Waals surface area contributed by atoms with Crippen LogP contribution in [0.15, 0.2) is 29.3 Å². The third-order valence-electron chi connectivity index (χ3n) is 3.04. The Balaban J connectivity index is 2.29. The van der Waals surface area contributed by atoms with E-state index in [1.165, 1.54) is 11.8 Å². The van der Waals surface area contributed by atoms with Crippen LogP contribution in [-0.4, -0.2) is 23.1 Å². The number of ether oxygens (including phenoxy) is 1. The first-order valence-electron chi connectivity index (χ1n) is 6.95. The van der Waals surface area contributed by atoms with Crippen LogP contribution >= 0.6 is 11.8 Å². The molecule has 1 aliphatic rings. The summed E-state index contributed by atoms with van der Waals surface area (Å²) in [5.74, 6) is -0.0145. The lowest BCUT2D eigenvalue weighted by molar-refractivity contribution is -0.136. The number of carboxylic acids is 1. The summed E-state index contributed by atoms with van der Waals surface area (Å²) in [4.78, 5) is 13.9. The fourth-order valence-electron chi connectivity index (χ4n) is 2.05. The quantitative estimate of drug-likeness (QED) is 0.896. The van der Waals surface area contributed by atoms with Crippen molar-refractivity contribution in [2.24, 2.45) is 5.92 Å². The largest absolute Gasteiger partial charge is 0.492 e. The van der Waals surface area contributed by atoms with E-state index in [0.29, 0.717) is 29.5 Å². The van der Waals surface area contributed by atoms with Crippen LogP contribution in [0.3, 0.4) is 0 Å². The Hall–Kier alpha value is -2.13. The van der Waals surface area contributed by atoms with Crippen molar-refractivity contribution in [1.29, 1.82) is 5.26 Å². The monoisotopic (exact) mass is 318 g/mol. The number of anilines is 1. The number of hydrogen-bond donors (Lipinski definition) is 1. The molecule has 1 aromatic rings. The maximum absolute atomic E-state index is 11.3. The van der Waals surface area contributed by atoms with Crippen LogP contribution in [0.4, 0.5) is 5.69 Å². The molecule has 22 heavy (non-hydrogen) atoms. The molecular formula is C16H18N2O3S. The van der Waals surface area contributed by atoms with Gasteiger partial charge in [0.2, 0.25) is 0 Å². The molecule has 2 rings (SSSR count). The molecule has 0 amide bonds. The Bertz CT molecular complexity index is 649. The Morgan fingerprint density at radius 1 is 1.55 bits per heavy atom. The molecule has 1 heterocycles. The topological polar surface area (TPSA) is 73.6 Å². The zero-order valence-electron chi connectivity index (χ0n) is 12.7. The number of aliphatic carboxylic acids is 1. The van der Waals surface area contributed by atoms with Gasteiger partial charge >= 0.3 is 5.97 Å². The van der Waals surface area contributed by atoms with Crippen molar-refractivity contribution in [2.45, 2.75) is 26.1 Å². The molecule has 6 heteroatoms. The SMILES string of the molecule is CC1=CN(c2ccc(OCC(C)C)c(C#N)c2)C(C(=O)O)S1. The van der Waals surface area contributed by atoms with Crippen molar-refractivity contribution < 1.29 is 14.6 Å². The second kappa shape index (κ2) is 6.75. The highest BCUT2D eigenvalue weighted by atomic mass is 32.2. The van der Waals surface area contributed by atoms with E-state index in [1.54, 1.807) is 29.3 Å². The average Bonchev–Trinajstić information content (AvgIpc) is 2.87. The van der Waals surface area contributed by atoms with Crippen molar-refractivity contribution in [3.05, 3.63) is 34.9 Å². The first-order valence-corrected chi connectivity index (χ1v) is 7.83. The molecule has 1 atom stereocenters. The number of carbonyl (C=O) groups is 1. The van der Waals surface area contributed by atoms with Gasteiger partial charge in [-0.2, -0.15) is 5.26 Å². The molecule has 0 aliphatic carbocycles. The minimum atomic E-state index is -0.906. The molecule has 5 nitrogen and oxygen atoms in total. The van der Waals surface area contributed by atoms with Crippen molar-refractivity contribution in [1.82, 2.24) is 0 Å². The van der Waals surface area contributed by atoms with Gasteiger partial charge in [-0.3, -0.25) is 0 Å². The predicted octanol–water partition coefficient (Wildman–Crippen LogP) is 3.42. The van der Waals surface area contributed by atoms with E-state index >= 15 is 0 Å². The van der Waals surface area contributed by atoms with Gasteiger partial charge in [0.1, 0.15) is 11.8 Å². The molecule has 0 aromatic heterocycles. The first kappa shape index (κ1) is 16.2. The van der Waals surface area contributed by atoms with Crippen LogP contribution in [0, 0.1) is 17.2 Å². The molecule has 0 saturated carbocycles. The lowest BCUT2D eigenvalue weighted by Crippen LogP contribution is -2.31. The summed E-state index contributed by atoms with van der Waals surface area (Å²) in [6.45, 7) is 6.47. The summed E-state index contributed by atoms with van der Waals surface area (Å²) >= 11 is 1.28. The second-order valence-electron chi connectivity index (χ2n) is 5.45. The molecule has 1 N–H and O–H groups in total. The summed E-state index contributed by atoms with van der Waals surface area (Å²) in [6, 6.07) is 7.28. The van der Waals surface area contributed by atoms with E-state index in [0.717, 1.165) is 4.91 Å². The van der Waals surface area contributed by atoms with Gasteiger partial charge in [-0.1, -0.05) is 25.6 Å². The maximum Gasteiger partial charge on any atom is 0.337 e. The zero-order valence-corrected chi connectivity index (χ0v) is 13.6.